The molecule has 7 nitrogen and oxygen atoms in total. The van der Waals surface area contributed by atoms with Crippen LogP contribution in [0, 0.1) is 5.82 Å². The van der Waals surface area contributed by atoms with Gasteiger partial charge in [0.2, 0.25) is 5.91 Å². The normalized spacial score (nSPS) is 10.7. The summed E-state index contributed by atoms with van der Waals surface area (Å²) in [5, 5.41) is 2.58. The maximum absolute atomic E-state index is 13.3. The summed E-state index contributed by atoms with van der Waals surface area (Å²) in [6.45, 7) is 1.01. The van der Waals surface area contributed by atoms with Gasteiger partial charge in [0.1, 0.15) is 12.4 Å². The first kappa shape index (κ1) is 17.3. The first-order valence-electron chi connectivity index (χ1n) is 7.68. The van der Waals surface area contributed by atoms with Gasteiger partial charge in [-0.25, -0.2) is 4.39 Å². The minimum absolute atomic E-state index is 0.100. The molecule has 26 heavy (non-hydrogen) atoms. The number of nitrogens with one attached hydrogen (secondary N) is 2. The number of aromatic amines is 1. The Labute approximate surface area is 146 Å². The molecule has 3 aromatic rings. The highest BCUT2D eigenvalue weighted by molar-refractivity contribution is 5.95. The average Bonchev–Trinajstić information content (AvgIpc) is 2.59. The van der Waals surface area contributed by atoms with E-state index in [4.69, 9.17) is 0 Å². The molecule has 2 N–H and O–H groups in total. The second-order valence-corrected chi connectivity index (χ2v) is 5.69. The molecule has 0 radical (unpaired) electrons. The van der Waals surface area contributed by atoms with E-state index >= 15 is 0 Å². The zero-order chi connectivity index (χ0) is 18.8. The van der Waals surface area contributed by atoms with Crippen LogP contribution < -0.4 is 16.4 Å². The number of nitrogens with zero attached hydrogens (tertiary/aromatic N) is 1. The Bertz CT molecular complexity index is 1130. The van der Waals surface area contributed by atoms with Gasteiger partial charge < -0.3 is 10.3 Å². The van der Waals surface area contributed by atoms with Crippen molar-refractivity contribution in [3.63, 3.8) is 0 Å². The van der Waals surface area contributed by atoms with E-state index in [1.165, 1.54) is 13.0 Å². The molecule has 0 aliphatic carbocycles. The Morgan fingerprint density at radius 2 is 1.81 bits per heavy atom. The fraction of sp³-hybridized carbons (Fsp3) is 0.111. The lowest BCUT2D eigenvalue weighted by Gasteiger charge is -2.10. The summed E-state index contributed by atoms with van der Waals surface area (Å²) in [5.74, 6) is -1.22. The monoisotopic (exact) mass is 355 g/mol. The third-order valence-electron chi connectivity index (χ3n) is 3.81. The van der Waals surface area contributed by atoms with Gasteiger partial charge in [0.05, 0.1) is 11.0 Å². The number of carbonyl (C=O) groups is 2. The summed E-state index contributed by atoms with van der Waals surface area (Å²) in [4.78, 5) is 49.6. The predicted octanol–water partition coefficient (Wildman–Crippen LogP) is 1.67. The maximum atomic E-state index is 13.3. The van der Waals surface area contributed by atoms with Crippen molar-refractivity contribution in [3.05, 3.63) is 74.6 Å². The van der Waals surface area contributed by atoms with Gasteiger partial charge in [0.25, 0.3) is 0 Å². The lowest BCUT2D eigenvalue weighted by Crippen LogP contribution is -2.38. The van der Waals surface area contributed by atoms with Crippen LogP contribution in [0.3, 0.4) is 0 Å². The highest BCUT2D eigenvalue weighted by atomic mass is 19.1. The molecule has 0 aliphatic heterocycles. The van der Waals surface area contributed by atoms with E-state index in [-0.39, 0.29) is 16.8 Å². The molecule has 3 rings (SSSR count). The molecule has 0 bridgehead atoms. The van der Waals surface area contributed by atoms with Gasteiger partial charge in [-0.15, -0.1) is 0 Å². The van der Waals surface area contributed by atoms with Crippen LogP contribution >= 0.6 is 0 Å². The van der Waals surface area contributed by atoms with Gasteiger partial charge in [-0.05, 0) is 49.4 Å². The molecule has 1 heterocycles. The quantitative estimate of drug-likeness (QED) is 0.549. The first-order valence-corrected chi connectivity index (χ1v) is 7.68. The number of rotatable bonds is 4. The van der Waals surface area contributed by atoms with Crippen LogP contribution in [0.2, 0.25) is 0 Å². The number of hydrogen-bond acceptors (Lipinski definition) is 4. The van der Waals surface area contributed by atoms with E-state index in [1.54, 1.807) is 24.3 Å². The Morgan fingerprint density at radius 1 is 1.12 bits per heavy atom. The second kappa shape index (κ2) is 6.75. The molecule has 0 atom stereocenters. The zero-order valence-corrected chi connectivity index (χ0v) is 13.7. The third-order valence-corrected chi connectivity index (χ3v) is 3.81. The van der Waals surface area contributed by atoms with E-state index < -0.39 is 29.4 Å². The molecule has 0 unspecified atom stereocenters. The zero-order valence-electron chi connectivity index (χ0n) is 13.7. The average molecular weight is 355 g/mol. The molecule has 0 saturated heterocycles. The Morgan fingerprint density at radius 3 is 2.46 bits per heavy atom. The highest BCUT2D eigenvalue weighted by Crippen LogP contribution is 2.12. The molecule has 0 aliphatic rings. The van der Waals surface area contributed by atoms with Crippen LogP contribution in [0.4, 0.5) is 10.1 Å². The fourth-order valence-electron chi connectivity index (χ4n) is 2.54. The molecular weight excluding hydrogens is 341 g/mol. The number of aromatic nitrogens is 2. The number of hydrogen-bond donors (Lipinski definition) is 2. The lowest BCUT2D eigenvalue weighted by atomic mass is 10.1. The fourth-order valence-corrected chi connectivity index (χ4v) is 2.54. The summed E-state index contributed by atoms with van der Waals surface area (Å²) in [6.07, 6.45) is 0. The van der Waals surface area contributed by atoms with Crippen LogP contribution in [-0.2, 0) is 11.3 Å². The number of Topliss-reactive ketones (excluding diaryl/α,β-unsaturated/α-hetero) is 1. The standard InChI is InChI=1S/C18H14FN3O4/c1-10(23)11-2-5-13(6-3-11)20-16(24)9-22-15-7-4-12(19)8-14(15)21-17(25)18(22)26/h2-8H,9H2,1H3,(H,20,24)(H,21,25). The molecular formula is C18H14FN3O4. The van der Waals surface area contributed by atoms with Crippen LogP contribution in [0.5, 0.6) is 0 Å². The highest BCUT2D eigenvalue weighted by Gasteiger charge is 2.12. The second-order valence-electron chi connectivity index (χ2n) is 5.69. The van der Waals surface area contributed by atoms with Crippen molar-refractivity contribution in [1.29, 1.82) is 0 Å². The van der Waals surface area contributed by atoms with Gasteiger partial charge in [-0.2, -0.15) is 0 Å². The number of halogens is 1. The molecule has 1 aromatic heterocycles. The van der Waals surface area contributed by atoms with Crippen molar-refractivity contribution in [1.82, 2.24) is 9.55 Å². The molecule has 132 valence electrons. The number of H-pyrrole nitrogens is 1. The van der Waals surface area contributed by atoms with Crippen LogP contribution in [0.15, 0.2) is 52.1 Å². The minimum atomic E-state index is -0.943. The molecule has 8 heteroatoms. The van der Waals surface area contributed by atoms with Crippen molar-refractivity contribution in [3.8, 4) is 0 Å². The van der Waals surface area contributed by atoms with Crippen LogP contribution in [-0.4, -0.2) is 21.2 Å². The Kier molecular flexibility index (Phi) is 4.49. The molecule has 0 fully saturated rings. The summed E-state index contributed by atoms with van der Waals surface area (Å²) in [6, 6.07) is 9.77. The van der Waals surface area contributed by atoms with E-state index in [2.05, 4.69) is 10.3 Å². The lowest BCUT2D eigenvalue weighted by molar-refractivity contribution is -0.116. The van der Waals surface area contributed by atoms with Gasteiger partial charge in [-0.1, -0.05) is 0 Å². The predicted molar refractivity (Wildman–Crippen MR) is 93.9 cm³/mol. The van der Waals surface area contributed by atoms with Gasteiger partial charge >= 0.3 is 11.1 Å². The van der Waals surface area contributed by atoms with Crippen LogP contribution in [0.1, 0.15) is 17.3 Å². The SMILES string of the molecule is CC(=O)c1ccc(NC(=O)Cn2c(=O)c(=O)[nH]c3cc(F)ccc32)cc1. The number of benzene rings is 2. The van der Waals surface area contributed by atoms with Crippen molar-refractivity contribution < 1.29 is 14.0 Å². The summed E-state index contributed by atoms with van der Waals surface area (Å²) < 4.78 is 14.3. The number of amides is 1. The van der Waals surface area contributed by atoms with Crippen molar-refractivity contribution in [2.45, 2.75) is 13.5 Å². The van der Waals surface area contributed by atoms with Gasteiger partial charge in [0, 0.05) is 11.3 Å². The minimum Gasteiger partial charge on any atom is -0.325 e. The molecule has 0 spiro atoms. The maximum Gasteiger partial charge on any atom is 0.317 e. The van der Waals surface area contributed by atoms with Gasteiger partial charge in [0.15, 0.2) is 5.78 Å². The number of fused-ring (bicyclic) bond motifs is 1. The van der Waals surface area contributed by atoms with Crippen LogP contribution in [0.25, 0.3) is 11.0 Å². The summed E-state index contributed by atoms with van der Waals surface area (Å²) in [7, 11) is 0. The number of carbonyl (C=O) groups excluding carboxylic acids is 2. The molecule has 0 saturated carbocycles. The Hall–Kier alpha value is -3.55. The largest absolute Gasteiger partial charge is 0.325 e. The third kappa shape index (κ3) is 3.44. The molecule has 1 amide bonds. The molecule has 2 aromatic carbocycles. The summed E-state index contributed by atoms with van der Waals surface area (Å²) >= 11 is 0. The van der Waals surface area contributed by atoms with E-state index in [9.17, 15) is 23.6 Å². The first-order chi connectivity index (χ1) is 12.3. The van der Waals surface area contributed by atoms with Crippen molar-refractivity contribution in [2.75, 3.05) is 5.32 Å². The van der Waals surface area contributed by atoms with Crippen molar-refractivity contribution in [2.24, 2.45) is 0 Å². The van der Waals surface area contributed by atoms with E-state index in [0.717, 1.165) is 16.7 Å². The topological polar surface area (TPSA) is 101 Å². The number of anilines is 1. The smallest absolute Gasteiger partial charge is 0.317 e. The van der Waals surface area contributed by atoms with E-state index in [0.29, 0.717) is 11.3 Å². The van der Waals surface area contributed by atoms with E-state index in [1.807, 2.05) is 0 Å². The number of ketones is 1. The summed E-state index contributed by atoms with van der Waals surface area (Å²) in [5.41, 5.74) is -0.561. The van der Waals surface area contributed by atoms with Crippen molar-refractivity contribution >= 4 is 28.4 Å². The van der Waals surface area contributed by atoms with Gasteiger partial charge in [-0.3, -0.25) is 23.7 Å². The Balaban J connectivity index is 1.89.